The molecule has 2 amide bonds. The van der Waals surface area contributed by atoms with Crippen LogP contribution in [-0.2, 0) is 20.8 Å². The number of thioether (sulfide) groups is 2. The van der Waals surface area contributed by atoms with Gasteiger partial charge in [-0.25, -0.2) is 4.98 Å². The predicted octanol–water partition coefficient (Wildman–Crippen LogP) is 2.98. The van der Waals surface area contributed by atoms with Crippen LogP contribution in [0.3, 0.4) is 0 Å². The summed E-state index contributed by atoms with van der Waals surface area (Å²) in [4.78, 5) is 56.2. The molecule has 0 saturated carbocycles. The average molecular weight is 540 g/mol. The Morgan fingerprint density at radius 1 is 1.22 bits per heavy atom. The van der Waals surface area contributed by atoms with Crippen LogP contribution in [0.15, 0.2) is 75.2 Å². The number of nitrogens with one attached hydrogen (secondary N) is 1. The number of carboxylic acids is 1. The molecule has 0 radical (unpaired) electrons. The van der Waals surface area contributed by atoms with E-state index in [0.717, 1.165) is 5.56 Å². The number of aliphatic carboxylic acids is 1. The van der Waals surface area contributed by atoms with Crippen molar-refractivity contribution < 1.29 is 19.5 Å². The molecule has 3 atom stereocenters. The number of β-lactam (4-membered cyclic amide) rings is 1. The third-order valence-corrected chi connectivity index (χ3v) is 9.66. The van der Waals surface area contributed by atoms with Crippen molar-refractivity contribution in [1.29, 1.82) is 0 Å². The molecular formula is C25H21N3O5S3. The molecule has 2 aromatic heterocycles. The molecule has 3 aromatic rings. The summed E-state index contributed by atoms with van der Waals surface area (Å²) >= 11 is 3.96. The Kier molecular flexibility index (Phi) is 6.87. The Labute approximate surface area is 218 Å². The molecule has 2 unspecified atom stereocenters. The van der Waals surface area contributed by atoms with Gasteiger partial charge in [0.25, 0.3) is 0 Å². The van der Waals surface area contributed by atoms with Gasteiger partial charge in [0, 0.05) is 24.6 Å². The van der Waals surface area contributed by atoms with E-state index in [-0.39, 0.29) is 41.3 Å². The minimum absolute atomic E-state index is 0.0243. The summed E-state index contributed by atoms with van der Waals surface area (Å²) in [5.41, 5.74) is -0.541. The van der Waals surface area contributed by atoms with Gasteiger partial charge < -0.3 is 15.3 Å². The van der Waals surface area contributed by atoms with Gasteiger partial charge in [0.1, 0.15) is 21.7 Å². The highest BCUT2D eigenvalue weighted by molar-refractivity contribution is 8.04. The zero-order chi connectivity index (χ0) is 25.3. The van der Waals surface area contributed by atoms with Crippen molar-refractivity contribution in [2.45, 2.75) is 22.0 Å². The topological polar surface area (TPSA) is 117 Å². The molecule has 0 aliphatic carbocycles. The molecule has 36 heavy (non-hydrogen) atoms. The fourth-order valence-electron chi connectivity index (χ4n) is 4.16. The molecule has 11 heteroatoms. The average Bonchev–Trinajstić information content (AvgIpc) is 2.88. The molecule has 0 bridgehead atoms. The lowest BCUT2D eigenvalue weighted by Crippen LogP contribution is -2.73. The second-order valence-electron chi connectivity index (χ2n) is 8.54. The summed E-state index contributed by atoms with van der Waals surface area (Å²) in [6.07, 6.45) is 3.40. The van der Waals surface area contributed by atoms with Gasteiger partial charge in [-0.05, 0) is 23.1 Å². The van der Waals surface area contributed by atoms with E-state index in [1.54, 1.807) is 29.8 Å². The number of rotatable bonds is 7. The van der Waals surface area contributed by atoms with E-state index in [1.165, 1.54) is 45.8 Å². The maximum atomic E-state index is 12.8. The van der Waals surface area contributed by atoms with Gasteiger partial charge in [0.15, 0.2) is 5.43 Å². The van der Waals surface area contributed by atoms with Crippen molar-refractivity contribution in [2.75, 3.05) is 12.3 Å². The van der Waals surface area contributed by atoms with E-state index < -0.39 is 17.4 Å². The zero-order valence-electron chi connectivity index (χ0n) is 18.8. The van der Waals surface area contributed by atoms with Gasteiger partial charge in [-0.15, -0.1) is 23.1 Å². The molecule has 0 spiro atoms. The molecule has 2 N–H and O–H groups in total. The first-order valence-electron chi connectivity index (χ1n) is 11.1. The number of fused-ring (bicyclic) bond motifs is 2. The molecule has 2 fully saturated rings. The minimum Gasteiger partial charge on any atom is -0.481 e. The van der Waals surface area contributed by atoms with Gasteiger partial charge >= 0.3 is 5.97 Å². The van der Waals surface area contributed by atoms with Crippen LogP contribution in [-0.4, -0.2) is 56.5 Å². The first-order valence-corrected chi connectivity index (χ1v) is 13.8. The predicted molar refractivity (Wildman–Crippen MR) is 141 cm³/mol. The van der Waals surface area contributed by atoms with E-state index in [1.807, 2.05) is 30.3 Å². The minimum atomic E-state index is -1.26. The molecular weight excluding hydrogens is 518 g/mol. The number of amides is 2. The standard InChI is InChI=1S/C25H21N3O5S3/c29-17-12-19(36-21-16(17)7-4-9-26-21)34-10-8-25(24(32)33)13-28-22(31)20(23(28)35-14-25)27-18(30)11-15-5-2-1-3-6-15/h1-10,12,20,23H,11,13-14H2,(H,27,30)(H,32,33)/t20?,23-,25?/m1/s1. The molecule has 1 aromatic carbocycles. The van der Waals surface area contributed by atoms with Crippen LogP contribution in [0.1, 0.15) is 5.56 Å². The lowest BCUT2D eigenvalue weighted by Gasteiger charge is -2.53. The van der Waals surface area contributed by atoms with Crippen LogP contribution in [0.25, 0.3) is 10.2 Å². The maximum Gasteiger partial charge on any atom is 0.316 e. The van der Waals surface area contributed by atoms with Gasteiger partial charge in [0.05, 0.1) is 16.0 Å². The highest BCUT2D eigenvalue weighted by atomic mass is 32.2. The van der Waals surface area contributed by atoms with Gasteiger partial charge in [-0.3, -0.25) is 19.2 Å². The quantitative estimate of drug-likeness (QED) is 0.348. The Bertz CT molecular complexity index is 1430. The molecule has 4 heterocycles. The van der Waals surface area contributed by atoms with E-state index in [2.05, 4.69) is 10.3 Å². The fourth-order valence-corrected chi connectivity index (χ4v) is 7.66. The van der Waals surface area contributed by atoms with Crippen molar-refractivity contribution >= 4 is 62.9 Å². The fraction of sp³-hybridized carbons (Fsp3) is 0.240. The van der Waals surface area contributed by atoms with Gasteiger partial charge in [-0.1, -0.05) is 48.2 Å². The van der Waals surface area contributed by atoms with Crippen LogP contribution < -0.4 is 10.7 Å². The highest BCUT2D eigenvalue weighted by Gasteiger charge is 2.56. The van der Waals surface area contributed by atoms with Crippen molar-refractivity contribution in [3.63, 3.8) is 0 Å². The normalized spacial score (nSPS) is 23.3. The van der Waals surface area contributed by atoms with Crippen LogP contribution in [0.5, 0.6) is 0 Å². The molecule has 2 aliphatic rings. The second-order valence-corrected chi connectivity index (χ2v) is 11.9. The number of carbonyl (C=O) groups excluding carboxylic acids is 2. The SMILES string of the molecule is O=C(Cc1ccccc1)NC1C(=O)N2CC(C=CSc3cc(=O)c4cccnc4s3)(C(=O)O)CS[C@H]12. The molecule has 5 rings (SSSR count). The Morgan fingerprint density at radius 3 is 2.81 bits per heavy atom. The molecule has 184 valence electrons. The van der Waals surface area contributed by atoms with E-state index in [4.69, 9.17) is 0 Å². The monoisotopic (exact) mass is 539 g/mol. The molecule has 2 aliphatic heterocycles. The number of carbonyl (C=O) groups is 3. The van der Waals surface area contributed by atoms with E-state index in [9.17, 15) is 24.3 Å². The number of hydrogen-bond donors (Lipinski definition) is 2. The van der Waals surface area contributed by atoms with E-state index >= 15 is 0 Å². The summed E-state index contributed by atoms with van der Waals surface area (Å²) in [7, 11) is 0. The maximum absolute atomic E-state index is 12.8. The lowest BCUT2D eigenvalue weighted by atomic mass is 9.87. The van der Waals surface area contributed by atoms with Crippen LogP contribution in [0.2, 0.25) is 0 Å². The third kappa shape index (κ3) is 4.78. The van der Waals surface area contributed by atoms with Crippen molar-refractivity contribution in [2.24, 2.45) is 5.41 Å². The van der Waals surface area contributed by atoms with Crippen LogP contribution in [0.4, 0.5) is 0 Å². The highest BCUT2D eigenvalue weighted by Crippen LogP contribution is 2.43. The number of nitrogens with zero attached hydrogens (tertiary/aromatic N) is 2. The molecule has 8 nitrogen and oxygen atoms in total. The Hall–Kier alpha value is -3.15. The first-order chi connectivity index (χ1) is 17.4. The largest absolute Gasteiger partial charge is 0.481 e. The summed E-state index contributed by atoms with van der Waals surface area (Å²) in [5, 5.41) is 14.7. The Balaban J connectivity index is 1.24. The summed E-state index contributed by atoms with van der Waals surface area (Å²) in [6.45, 7) is 0.0243. The Morgan fingerprint density at radius 2 is 2.03 bits per heavy atom. The summed E-state index contributed by atoms with van der Waals surface area (Å²) in [5.74, 6) is -1.29. The zero-order valence-corrected chi connectivity index (χ0v) is 21.3. The van der Waals surface area contributed by atoms with Crippen molar-refractivity contribution in [3.05, 3.63) is 82.0 Å². The number of carboxylic acid groups (broad SMARTS) is 1. The van der Waals surface area contributed by atoms with Gasteiger partial charge in [0.2, 0.25) is 11.8 Å². The van der Waals surface area contributed by atoms with E-state index in [0.29, 0.717) is 14.4 Å². The van der Waals surface area contributed by atoms with Crippen molar-refractivity contribution in [3.8, 4) is 0 Å². The summed E-state index contributed by atoms with van der Waals surface area (Å²) < 4.78 is 0.700. The lowest BCUT2D eigenvalue weighted by molar-refractivity contribution is -0.156. The number of hydrogen-bond acceptors (Lipinski definition) is 8. The number of pyridine rings is 1. The van der Waals surface area contributed by atoms with Crippen molar-refractivity contribution in [1.82, 2.24) is 15.2 Å². The van der Waals surface area contributed by atoms with Crippen LogP contribution >= 0.6 is 34.9 Å². The van der Waals surface area contributed by atoms with Gasteiger partial charge in [-0.2, -0.15) is 0 Å². The summed E-state index contributed by atoms with van der Waals surface area (Å²) in [6, 6.07) is 13.6. The number of benzene rings is 1. The number of aromatic nitrogens is 1. The first kappa shape index (κ1) is 24.5. The smallest absolute Gasteiger partial charge is 0.316 e. The van der Waals surface area contributed by atoms with Crippen LogP contribution in [0, 0.1) is 5.41 Å². The molecule has 2 saturated heterocycles. The second kappa shape index (κ2) is 10.1. The third-order valence-electron chi connectivity index (χ3n) is 6.11.